The predicted octanol–water partition coefficient (Wildman–Crippen LogP) is 5.56. The highest BCUT2D eigenvalue weighted by Crippen LogP contribution is 2.34. The van der Waals surface area contributed by atoms with Crippen LogP contribution in [-0.2, 0) is 6.18 Å². The molecule has 1 aromatic heterocycles. The second-order valence-electron chi connectivity index (χ2n) is 8.54. The number of nitrogens with two attached hydrogens (primary N) is 1. The smallest absolute Gasteiger partial charge is 0.366 e. The van der Waals surface area contributed by atoms with Crippen molar-refractivity contribution in [3.63, 3.8) is 0 Å². The highest BCUT2D eigenvalue weighted by molar-refractivity contribution is 7.17. The van der Waals surface area contributed by atoms with E-state index >= 15 is 0 Å². The van der Waals surface area contributed by atoms with Crippen molar-refractivity contribution < 1.29 is 22.8 Å². The summed E-state index contributed by atoms with van der Waals surface area (Å²) in [5.74, 6) is -0.529. The molecule has 0 spiro atoms. The van der Waals surface area contributed by atoms with Crippen LogP contribution >= 0.6 is 11.3 Å². The zero-order valence-electron chi connectivity index (χ0n) is 18.8. The Balaban J connectivity index is 1.54. The lowest BCUT2D eigenvalue weighted by Crippen LogP contribution is -2.39. The second kappa shape index (κ2) is 9.21. The van der Waals surface area contributed by atoms with E-state index in [-0.39, 0.29) is 11.8 Å². The first-order valence-corrected chi connectivity index (χ1v) is 11.7. The number of likely N-dealkylation sites (tertiary alicyclic amines) is 1. The molecule has 1 aliphatic rings. The fraction of sp³-hybridized carbons (Fsp3) is 0.320. The number of amides is 2. The maximum absolute atomic E-state index is 13.3. The molecule has 2 heterocycles. The molecule has 34 heavy (non-hydrogen) atoms. The molecule has 0 aliphatic carbocycles. The lowest BCUT2D eigenvalue weighted by atomic mass is 9.88. The highest BCUT2D eigenvalue weighted by Gasteiger charge is 2.31. The Bertz CT molecular complexity index is 1240. The summed E-state index contributed by atoms with van der Waals surface area (Å²) in [5, 5.41) is 0.507. The van der Waals surface area contributed by atoms with Crippen LogP contribution in [0.1, 0.15) is 61.2 Å². The summed E-state index contributed by atoms with van der Waals surface area (Å²) < 4.78 is 38.6. The average molecular weight is 488 g/mol. The van der Waals surface area contributed by atoms with Gasteiger partial charge in [-0.1, -0.05) is 24.3 Å². The number of carbonyl (C=O) groups is 2. The van der Waals surface area contributed by atoms with Crippen LogP contribution in [0.2, 0.25) is 0 Å². The molecule has 178 valence electrons. The average Bonchev–Trinajstić information content (AvgIpc) is 3.20. The van der Waals surface area contributed by atoms with E-state index in [1.54, 1.807) is 11.8 Å². The molecular weight excluding hydrogens is 463 g/mol. The maximum atomic E-state index is 13.3. The monoisotopic (exact) mass is 487 g/mol. The Hall–Kier alpha value is -3.20. The molecule has 5 nitrogen and oxygen atoms in total. The predicted molar refractivity (Wildman–Crippen MR) is 125 cm³/mol. The molecule has 2 aromatic carbocycles. The van der Waals surface area contributed by atoms with E-state index < -0.39 is 17.6 Å². The van der Waals surface area contributed by atoms with Gasteiger partial charge in [0.25, 0.3) is 5.91 Å². The van der Waals surface area contributed by atoms with Crippen LogP contribution in [0.15, 0.2) is 42.5 Å². The van der Waals surface area contributed by atoms with Crippen molar-refractivity contribution in [3.8, 4) is 10.6 Å². The first kappa shape index (κ1) is 23.9. The van der Waals surface area contributed by atoms with Crippen LogP contribution in [0.5, 0.6) is 0 Å². The van der Waals surface area contributed by atoms with E-state index in [0.29, 0.717) is 39.8 Å². The Morgan fingerprint density at radius 1 is 1.12 bits per heavy atom. The molecule has 4 rings (SSSR count). The van der Waals surface area contributed by atoms with E-state index in [1.165, 1.54) is 23.5 Å². The quantitative estimate of drug-likeness (QED) is 0.523. The first-order valence-electron chi connectivity index (χ1n) is 10.9. The number of thiazole rings is 1. The number of primary amides is 1. The molecule has 0 bridgehead atoms. The molecule has 0 unspecified atom stereocenters. The molecule has 1 saturated heterocycles. The van der Waals surface area contributed by atoms with Crippen LogP contribution in [0, 0.1) is 13.8 Å². The Morgan fingerprint density at radius 3 is 2.47 bits per heavy atom. The van der Waals surface area contributed by atoms with Gasteiger partial charge in [0.05, 0.1) is 11.3 Å². The third kappa shape index (κ3) is 4.84. The van der Waals surface area contributed by atoms with E-state index in [9.17, 15) is 22.8 Å². The van der Waals surface area contributed by atoms with Crippen molar-refractivity contribution in [1.29, 1.82) is 0 Å². The molecular formula is C25H24F3N3O2S. The van der Waals surface area contributed by atoms with Crippen LogP contribution in [0.3, 0.4) is 0 Å². The first-order chi connectivity index (χ1) is 16.0. The zero-order chi connectivity index (χ0) is 24.6. The number of hydrogen-bond acceptors (Lipinski definition) is 4. The van der Waals surface area contributed by atoms with Gasteiger partial charge in [0.1, 0.15) is 9.88 Å². The molecule has 2 N–H and O–H groups in total. The standard InChI is InChI=1S/C25H24F3N3O2S/c1-14-5-6-17(12-20(14)22(29)32)18-4-3-11-31(13-18)24(33)21-15(2)30-23(34-21)16-7-9-19(10-8-16)25(26,27)28/h5-10,12,18H,3-4,11,13H2,1-2H3,(H2,29,32)/t18-/m0/s1. The lowest BCUT2D eigenvalue weighted by molar-refractivity contribution is -0.137. The number of hydrogen-bond donors (Lipinski definition) is 1. The number of benzene rings is 2. The van der Waals surface area contributed by atoms with Crippen LogP contribution in [0.4, 0.5) is 13.2 Å². The molecule has 1 atom stereocenters. The molecule has 9 heteroatoms. The van der Waals surface area contributed by atoms with Gasteiger partial charge >= 0.3 is 6.18 Å². The molecule has 0 radical (unpaired) electrons. The van der Waals surface area contributed by atoms with Crippen LogP contribution < -0.4 is 5.73 Å². The number of halogens is 3. The van der Waals surface area contributed by atoms with Crippen LogP contribution in [0.25, 0.3) is 10.6 Å². The minimum atomic E-state index is -4.40. The van der Waals surface area contributed by atoms with Crippen molar-refractivity contribution in [1.82, 2.24) is 9.88 Å². The van der Waals surface area contributed by atoms with E-state index in [4.69, 9.17) is 5.73 Å². The van der Waals surface area contributed by atoms with Crippen molar-refractivity contribution >= 4 is 23.2 Å². The minimum Gasteiger partial charge on any atom is -0.366 e. The van der Waals surface area contributed by atoms with Gasteiger partial charge in [-0.25, -0.2) is 4.98 Å². The largest absolute Gasteiger partial charge is 0.416 e. The van der Waals surface area contributed by atoms with Gasteiger partial charge in [0, 0.05) is 30.1 Å². The Morgan fingerprint density at radius 2 is 1.82 bits per heavy atom. The number of aromatic nitrogens is 1. The van der Waals surface area contributed by atoms with Crippen molar-refractivity contribution in [2.45, 2.75) is 38.8 Å². The SMILES string of the molecule is Cc1ccc([C@H]2CCCN(C(=O)c3sc(-c4ccc(C(F)(F)F)cc4)nc3C)C2)cc1C(N)=O. The lowest BCUT2D eigenvalue weighted by Gasteiger charge is -2.33. The van der Waals surface area contributed by atoms with Gasteiger partial charge in [-0.15, -0.1) is 11.3 Å². The van der Waals surface area contributed by atoms with E-state index in [1.807, 2.05) is 25.1 Å². The highest BCUT2D eigenvalue weighted by atomic mass is 32.1. The second-order valence-corrected chi connectivity index (χ2v) is 9.54. The number of alkyl halides is 3. The summed E-state index contributed by atoms with van der Waals surface area (Å²) >= 11 is 1.19. The number of piperidine rings is 1. The Labute approximate surface area is 199 Å². The maximum Gasteiger partial charge on any atom is 0.416 e. The molecule has 0 saturated carbocycles. The van der Waals surface area contributed by atoms with Crippen molar-refractivity contribution in [3.05, 3.63) is 75.3 Å². The summed E-state index contributed by atoms with van der Waals surface area (Å²) in [4.78, 5) is 31.8. The van der Waals surface area contributed by atoms with Gasteiger partial charge in [0.15, 0.2) is 0 Å². The van der Waals surface area contributed by atoms with E-state index in [0.717, 1.165) is 36.1 Å². The fourth-order valence-electron chi connectivity index (χ4n) is 4.26. The third-order valence-corrected chi connectivity index (χ3v) is 7.35. The summed E-state index contributed by atoms with van der Waals surface area (Å²) in [6.45, 7) is 4.68. The minimum absolute atomic E-state index is 0.0824. The summed E-state index contributed by atoms with van der Waals surface area (Å²) in [6, 6.07) is 10.5. The Kier molecular flexibility index (Phi) is 6.49. The van der Waals surface area contributed by atoms with Gasteiger partial charge in [-0.2, -0.15) is 13.2 Å². The third-order valence-electron chi connectivity index (χ3n) is 6.16. The number of rotatable bonds is 4. The summed E-state index contributed by atoms with van der Waals surface area (Å²) in [6.07, 6.45) is -2.69. The topological polar surface area (TPSA) is 76.3 Å². The summed E-state index contributed by atoms with van der Waals surface area (Å²) in [7, 11) is 0. The number of carbonyl (C=O) groups excluding carboxylic acids is 2. The molecule has 1 fully saturated rings. The van der Waals surface area contributed by atoms with Gasteiger partial charge < -0.3 is 10.6 Å². The number of nitrogens with zero attached hydrogens (tertiary/aromatic N) is 2. The van der Waals surface area contributed by atoms with Crippen LogP contribution in [-0.4, -0.2) is 34.8 Å². The normalized spacial score (nSPS) is 16.5. The molecule has 2 amide bonds. The summed E-state index contributed by atoms with van der Waals surface area (Å²) in [5.41, 5.74) is 8.14. The molecule has 1 aliphatic heterocycles. The van der Waals surface area contributed by atoms with Gasteiger partial charge in [-0.3, -0.25) is 9.59 Å². The molecule has 3 aromatic rings. The van der Waals surface area contributed by atoms with Crippen molar-refractivity contribution in [2.24, 2.45) is 5.73 Å². The van der Waals surface area contributed by atoms with Gasteiger partial charge in [0.2, 0.25) is 5.91 Å². The van der Waals surface area contributed by atoms with Crippen molar-refractivity contribution in [2.75, 3.05) is 13.1 Å². The van der Waals surface area contributed by atoms with E-state index in [2.05, 4.69) is 4.98 Å². The fourth-order valence-corrected chi connectivity index (χ4v) is 5.30. The number of aryl methyl sites for hydroxylation is 2. The van der Waals surface area contributed by atoms with Gasteiger partial charge in [-0.05, 0) is 56.0 Å². The zero-order valence-corrected chi connectivity index (χ0v) is 19.6.